The molecule has 144 valence electrons. The van der Waals surface area contributed by atoms with Crippen LogP contribution in [0.25, 0.3) is 0 Å². The van der Waals surface area contributed by atoms with Crippen LogP contribution in [0.3, 0.4) is 0 Å². The molecule has 0 radical (unpaired) electrons. The van der Waals surface area contributed by atoms with Gasteiger partial charge in [0.15, 0.2) is 0 Å². The van der Waals surface area contributed by atoms with Gasteiger partial charge in [-0.1, -0.05) is 6.07 Å². The summed E-state index contributed by atoms with van der Waals surface area (Å²) in [6.07, 6.45) is 0. The van der Waals surface area contributed by atoms with Crippen LogP contribution in [0.2, 0.25) is 0 Å². The van der Waals surface area contributed by atoms with Crippen LogP contribution in [0.15, 0.2) is 24.3 Å². The summed E-state index contributed by atoms with van der Waals surface area (Å²) in [4.78, 5) is 53.2. The van der Waals surface area contributed by atoms with Gasteiger partial charge in [0.05, 0.1) is 13.2 Å². The van der Waals surface area contributed by atoms with Crippen LogP contribution in [-0.2, 0) is 14.3 Å². The van der Waals surface area contributed by atoms with E-state index in [2.05, 4.69) is 0 Å². The maximum atomic E-state index is 12.6. The molecule has 2 aliphatic heterocycles. The molecule has 0 aliphatic carbocycles. The average Bonchev–Trinajstić information content (AvgIpc) is 2.73. The van der Waals surface area contributed by atoms with E-state index in [-0.39, 0.29) is 24.6 Å². The Bertz CT molecular complexity index is 752. The van der Waals surface area contributed by atoms with Crippen LogP contribution in [0, 0.1) is 0 Å². The van der Waals surface area contributed by atoms with Crippen LogP contribution in [0.5, 0.6) is 0 Å². The predicted octanol–water partition coefficient (Wildman–Crippen LogP) is -1.07. The summed E-state index contributed by atoms with van der Waals surface area (Å²) >= 11 is 0. The van der Waals surface area contributed by atoms with Gasteiger partial charge in [-0.25, -0.2) is 0 Å². The number of benzene rings is 1. The van der Waals surface area contributed by atoms with Gasteiger partial charge in [-0.3, -0.25) is 19.2 Å². The van der Waals surface area contributed by atoms with E-state index in [0.29, 0.717) is 45.0 Å². The zero-order valence-electron chi connectivity index (χ0n) is 14.9. The third-order valence-electron chi connectivity index (χ3n) is 4.73. The molecule has 2 N–H and O–H groups in total. The summed E-state index contributed by atoms with van der Waals surface area (Å²) in [6, 6.07) is 6.24. The van der Waals surface area contributed by atoms with Gasteiger partial charge >= 0.3 is 11.8 Å². The first kappa shape index (κ1) is 18.8. The van der Waals surface area contributed by atoms with E-state index in [1.54, 1.807) is 23.1 Å². The zero-order valence-corrected chi connectivity index (χ0v) is 14.9. The lowest BCUT2D eigenvalue weighted by atomic mass is 10.1. The molecule has 2 fully saturated rings. The van der Waals surface area contributed by atoms with Gasteiger partial charge in [-0.15, -0.1) is 0 Å². The van der Waals surface area contributed by atoms with E-state index in [1.165, 1.54) is 15.9 Å². The van der Waals surface area contributed by atoms with Gasteiger partial charge in [0, 0.05) is 50.4 Å². The molecule has 0 atom stereocenters. The number of carbonyl (C=O) groups is 4. The lowest BCUT2D eigenvalue weighted by Gasteiger charge is -2.36. The number of primary amides is 1. The topological polar surface area (TPSA) is 113 Å². The first-order valence-corrected chi connectivity index (χ1v) is 8.82. The standard InChI is InChI=1S/C18H22N4O5/c19-15(23)13-2-1-3-14(12-13)16(24)20-4-6-21(7-5-20)17(25)18(26)22-8-10-27-11-9-22/h1-3,12H,4-11H2,(H2,19,23). The Morgan fingerprint density at radius 2 is 1.30 bits per heavy atom. The Kier molecular flexibility index (Phi) is 5.70. The van der Waals surface area contributed by atoms with Crippen LogP contribution < -0.4 is 5.73 Å². The molecule has 0 saturated carbocycles. The number of carbonyl (C=O) groups excluding carboxylic acids is 4. The van der Waals surface area contributed by atoms with Crippen molar-refractivity contribution in [2.45, 2.75) is 0 Å². The van der Waals surface area contributed by atoms with Crippen molar-refractivity contribution in [2.24, 2.45) is 5.73 Å². The number of nitrogens with zero attached hydrogens (tertiary/aromatic N) is 3. The molecule has 1 aromatic carbocycles. The lowest BCUT2D eigenvalue weighted by molar-refractivity contribution is -0.154. The number of morpholine rings is 1. The van der Waals surface area contributed by atoms with Crippen molar-refractivity contribution in [3.8, 4) is 0 Å². The Balaban J connectivity index is 1.57. The molecule has 0 unspecified atom stereocenters. The summed E-state index contributed by atoms with van der Waals surface area (Å²) in [6.45, 7) is 2.92. The highest BCUT2D eigenvalue weighted by atomic mass is 16.5. The maximum Gasteiger partial charge on any atom is 0.312 e. The molecule has 9 heteroatoms. The highest BCUT2D eigenvalue weighted by molar-refractivity contribution is 6.35. The van der Waals surface area contributed by atoms with E-state index in [1.807, 2.05) is 0 Å². The number of piperazine rings is 1. The number of amides is 4. The van der Waals surface area contributed by atoms with Gasteiger partial charge in [-0.05, 0) is 18.2 Å². The normalized spacial score (nSPS) is 17.6. The van der Waals surface area contributed by atoms with E-state index < -0.39 is 17.7 Å². The number of ether oxygens (including phenoxy) is 1. The lowest BCUT2D eigenvalue weighted by Crippen LogP contribution is -2.55. The fraction of sp³-hybridized carbons (Fsp3) is 0.444. The van der Waals surface area contributed by atoms with Crippen LogP contribution in [-0.4, -0.2) is 90.8 Å². The summed E-state index contributed by atoms with van der Waals surface area (Å²) in [7, 11) is 0. The summed E-state index contributed by atoms with van der Waals surface area (Å²) < 4.78 is 5.19. The quantitative estimate of drug-likeness (QED) is 0.662. The average molecular weight is 374 g/mol. The second-order valence-electron chi connectivity index (χ2n) is 6.43. The smallest absolute Gasteiger partial charge is 0.312 e. The van der Waals surface area contributed by atoms with Gasteiger partial charge in [-0.2, -0.15) is 0 Å². The second kappa shape index (κ2) is 8.17. The molecule has 1 aromatic rings. The van der Waals surface area contributed by atoms with E-state index in [4.69, 9.17) is 10.5 Å². The van der Waals surface area contributed by atoms with Crippen LogP contribution in [0.1, 0.15) is 20.7 Å². The van der Waals surface area contributed by atoms with Gasteiger partial charge in [0.25, 0.3) is 5.91 Å². The molecule has 4 amide bonds. The third kappa shape index (κ3) is 4.25. The van der Waals surface area contributed by atoms with E-state index in [9.17, 15) is 19.2 Å². The molecule has 27 heavy (non-hydrogen) atoms. The highest BCUT2D eigenvalue weighted by Crippen LogP contribution is 2.12. The maximum absolute atomic E-state index is 12.6. The monoisotopic (exact) mass is 374 g/mol. The molecular weight excluding hydrogens is 352 g/mol. The minimum absolute atomic E-state index is 0.232. The summed E-state index contributed by atoms with van der Waals surface area (Å²) in [5.74, 6) is -1.89. The van der Waals surface area contributed by atoms with Crippen molar-refractivity contribution in [1.82, 2.24) is 14.7 Å². The fourth-order valence-corrected chi connectivity index (χ4v) is 3.14. The Morgan fingerprint density at radius 3 is 1.89 bits per heavy atom. The fourth-order valence-electron chi connectivity index (χ4n) is 3.14. The van der Waals surface area contributed by atoms with Gasteiger partial charge < -0.3 is 25.2 Å². The van der Waals surface area contributed by atoms with Crippen LogP contribution >= 0.6 is 0 Å². The third-order valence-corrected chi connectivity index (χ3v) is 4.73. The number of rotatable bonds is 2. The van der Waals surface area contributed by atoms with Crippen molar-refractivity contribution in [3.05, 3.63) is 35.4 Å². The van der Waals surface area contributed by atoms with E-state index >= 15 is 0 Å². The van der Waals surface area contributed by atoms with Crippen molar-refractivity contribution >= 4 is 23.6 Å². The molecule has 0 aromatic heterocycles. The zero-order chi connectivity index (χ0) is 19.4. The molecule has 2 saturated heterocycles. The van der Waals surface area contributed by atoms with Crippen LogP contribution in [0.4, 0.5) is 0 Å². The summed E-state index contributed by atoms with van der Waals surface area (Å²) in [5, 5.41) is 0. The Morgan fingerprint density at radius 1 is 0.778 bits per heavy atom. The van der Waals surface area contributed by atoms with Gasteiger partial charge in [0.1, 0.15) is 0 Å². The number of hydrogen-bond acceptors (Lipinski definition) is 5. The highest BCUT2D eigenvalue weighted by Gasteiger charge is 2.31. The first-order valence-electron chi connectivity index (χ1n) is 8.82. The molecule has 0 bridgehead atoms. The molecule has 2 aliphatic rings. The molecule has 0 spiro atoms. The SMILES string of the molecule is NC(=O)c1cccc(C(=O)N2CCN(C(=O)C(=O)N3CCOCC3)CC2)c1. The predicted molar refractivity (Wildman–Crippen MR) is 94.8 cm³/mol. The molecule has 3 rings (SSSR count). The number of hydrogen-bond donors (Lipinski definition) is 1. The minimum Gasteiger partial charge on any atom is -0.378 e. The van der Waals surface area contributed by atoms with Crippen molar-refractivity contribution in [3.63, 3.8) is 0 Å². The Hall–Kier alpha value is -2.94. The number of nitrogens with two attached hydrogens (primary N) is 1. The summed E-state index contributed by atoms with van der Waals surface area (Å²) in [5.41, 5.74) is 5.89. The van der Waals surface area contributed by atoms with Crippen molar-refractivity contribution in [2.75, 3.05) is 52.5 Å². The minimum atomic E-state index is -0.596. The molecule has 9 nitrogen and oxygen atoms in total. The Labute approximate surface area is 156 Å². The molecular formula is C18H22N4O5. The van der Waals surface area contributed by atoms with E-state index in [0.717, 1.165) is 0 Å². The molecule has 2 heterocycles. The largest absolute Gasteiger partial charge is 0.378 e. The van der Waals surface area contributed by atoms with Crippen molar-refractivity contribution in [1.29, 1.82) is 0 Å². The first-order chi connectivity index (χ1) is 13.0. The second-order valence-corrected chi connectivity index (χ2v) is 6.43. The van der Waals surface area contributed by atoms with Gasteiger partial charge in [0.2, 0.25) is 5.91 Å². The van der Waals surface area contributed by atoms with Crippen molar-refractivity contribution < 1.29 is 23.9 Å².